The number of hydrogen-bond acceptors (Lipinski definition) is 6. The second-order valence-electron chi connectivity index (χ2n) is 9.46. The van der Waals surface area contributed by atoms with Gasteiger partial charge < -0.3 is 9.64 Å². The molecule has 12 heteroatoms. The fraction of sp³-hybridized carbons (Fsp3) is 0.440. The van der Waals surface area contributed by atoms with Gasteiger partial charge in [0.15, 0.2) is 18.2 Å². The lowest BCUT2D eigenvalue weighted by atomic mass is 10.1. The molecule has 2 amide bonds. The van der Waals surface area contributed by atoms with Crippen molar-refractivity contribution < 1.29 is 31.5 Å². The molecule has 0 bridgehead atoms. The second kappa shape index (κ2) is 11.3. The van der Waals surface area contributed by atoms with E-state index in [0.717, 1.165) is 6.07 Å². The van der Waals surface area contributed by atoms with E-state index in [1.54, 1.807) is 4.90 Å². The maximum atomic E-state index is 13.5. The van der Waals surface area contributed by atoms with Crippen LogP contribution in [0.15, 0.2) is 36.4 Å². The summed E-state index contributed by atoms with van der Waals surface area (Å²) in [6.07, 6.45) is 1.35. The van der Waals surface area contributed by atoms with Gasteiger partial charge in [-0.15, -0.1) is 0 Å². The Kier molecular flexibility index (Phi) is 8.35. The zero-order valence-corrected chi connectivity index (χ0v) is 21.8. The summed E-state index contributed by atoms with van der Waals surface area (Å²) in [7, 11) is -3.97. The third kappa shape index (κ3) is 7.39. The zero-order valence-electron chi connectivity index (χ0n) is 20.3. The molecule has 2 aromatic carbocycles. The summed E-state index contributed by atoms with van der Waals surface area (Å²) < 4.78 is 59.4. The van der Waals surface area contributed by atoms with Crippen molar-refractivity contribution >= 4 is 33.4 Å². The maximum absolute atomic E-state index is 13.5. The Morgan fingerprint density at radius 2 is 1.86 bits per heavy atom. The van der Waals surface area contributed by atoms with E-state index in [1.165, 1.54) is 30.3 Å². The molecule has 0 unspecified atom stereocenters. The van der Waals surface area contributed by atoms with E-state index < -0.39 is 33.3 Å². The molecule has 37 heavy (non-hydrogen) atoms. The molecule has 1 N–H and O–H groups in total. The number of carbonyl (C=O) groups is 2. The third-order valence-corrected chi connectivity index (χ3v) is 7.78. The maximum Gasteiger partial charge on any atom is 0.260 e. The molecule has 0 aromatic heterocycles. The number of hydrogen-bond donors (Lipinski definition) is 1. The van der Waals surface area contributed by atoms with Crippen LogP contribution in [0.3, 0.4) is 0 Å². The van der Waals surface area contributed by atoms with Crippen LogP contribution in [-0.2, 0) is 31.9 Å². The van der Waals surface area contributed by atoms with Gasteiger partial charge in [0.2, 0.25) is 15.9 Å². The van der Waals surface area contributed by atoms with Crippen LogP contribution in [0, 0.1) is 17.6 Å². The lowest BCUT2D eigenvalue weighted by molar-refractivity contribution is -0.138. The summed E-state index contributed by atoms with van der Waals surface area (Å²) in [5, 5.41) is 0.295. The fourth-order valence-corrected chi connectivity index (χ4v) is 5.67. The Morgan fingerprint density at radius 1 is 1.11 bits per heavy atom. The molecule has 4 rings (SSSR count). The Labute approximate surface area is 219 Å². The van der Waals surface area contributed by atoms with E-state index in [2.05, 4.69) is 9.62 Å². The van der Waals surface area contributed by atoms with Gasteiger partial charge in [0.25, 0.3) is 5.91 Å². The van der Waals surface area contributed by atoms with Gasteiger partial charge in [-0.2, -0.15) is 0 Å². The summed E-state index contributed by atoms with van der Waals surface area (Å²) in [4.78, 5) is 28.5. The van der Waals surface area contributed by atoms with Crippen LogP contribution in [0.5, 0.6) is 5.75 Å². The minimum atomic E-state index is -3.97. The number of carbonyl (C=O) groups excluding carboxylic acids is 2. The molecule has 8 nitrogen and oxygen atoms in total. The highest BCUT2D eigenvalue weighted by Crippen LogP contribution is 2.30. The monoisotopic (exact) mass is 555 g/mol. The number of benzene rings is 2. The molecular formula is C25H28ClF2N3O5S. The summed E-state index contributed by atoms with van der Waals surface area (Å²) in [6, 6.07) is 8.11. The van der Waals surface area contributed by atoms with Crippen molar-refractivity contribution in [3.05, 3.63) is 64.2 Å². The first-order chi connectivity index (χ1) is 17.5. The van der Waals surface area contributed by atoms with Crippen molar-refractivity contribution in [1.29, 1.82) is 0 Å². The largest absolute Gasteiger partial charge is 0.483 e. The Balaban J connectivity index is 1.33. The highest BCUT2D eigenvalue weighted by atomic mass is 35.5. The van der Waals surface area contributed by atoms with E-state index in [0.29, 0.717) is 49.6 Å². The fourth-order valence-electron chi connectivity index (χ4n) is 4.29. The van der Waals surface area contributed by atoms with Crippen molar-refractivity contribution in [2.75, 3.05) is 26.2 Å². The van der Waals surface area contributed by atoms with Gasteiger partial charge in [-0.25, -0.2) is 17.2 Å². The molecule has 1 aliphatic carbocycles. The number of sulfonamides is 1. The molecule has 2 fully saturated rings. The van der Waals surface area contributed by atoms with E-state index in [9.17, 15) is 26.8 Å². The lowest BCUT2D eigenvalue weighted by Crippen LogP contribution is -2.54. The Hall–Kier alpha value is -2.76. The van der Waals surface area contributed by atoms with Crippen LogP contribution < -0.4 is 9.46 Å². The molecule has 200 valence electrons. The smallest absolute Gasteiger partial charge is 0.260 e. The van der Waals surface area contributed by atoms with Crippen molar-refractivity contribution in [3.8, 4) is 5.75 Å². The predicted octanol–water partition coefficient (Wildman–Crippen LogP) is 3.09. The third-order valence-electron chi connectivity index (χ3n) is 6.35. The summed E-state index contributed by atoms with van der Waals surface area (Å²) >= 11 is 6.05. The Bertz CT molecular complexity index is 1290. The SMILES string of the molecule is C[C@@H]1CN(Cc2ccc(F)c(F)c2)CCN1C(=O)COc1ccc(Cl)cc1CS(=O)(=O)NC(=O)C1CC1. The first-order valence-electron chi connectivity index (χ1n) is 11.9. The van der Waals surface area contributed by atoms with Crippen LogP contribution in [0.2, 0.25) is 5.02 Å². The average molecular weight is 556 g/mol. The second-order valence-corrected chi connectivity index (χ2v) is 11.6. The number of ether oxygens (including phenoxy) is 1. The van der Waals surface area contributed by atoms with Crippen molar-refractivity contribution in [2.24, 2.45) is 5.92 Å². The van der Waals surface area contributed by atoms with Gasteiger partial charge in [-0.1, -0.05) is 17.7 Å². The number of halogens is 3. The van der Waals surface area contributed by atoms with E-state index in [1.807, 2.05) is 6.92 Å². The zero-order chi connectivity index (χ0) is 26.7. The van der Waals surface area contributed by atoms with Crippen LogP contribution in [0.25, 0.3) is 0 Å². The first kappa shape index (κ1) is 27.3. The van der Waals surface area contributed by atoms with Crippen LogP contribution in [0.1, 0.15) is 30.9 Å². The molecule has 1 saturated carbocycles. The van der Waals surface area contributed by atoms with Gasteiger partial charge in [-0.3, -0.25) is 19.2 Å². The summed E-state index contributed by atoms with van der Waals surface area (Å²) in [5.41, 5.74) is 0.883. The van der Waals surface area contributed by atoms with Gasteiger partial charge >= 0.3 is 0 Å². The van der Waals surface area contributed by atoms with Crippen molar-refractivity contribution in [1.82, 2.24) is 14.5 Å². The van der Waals surface area contributed by atoms with E-state index in [-0.39, 0.29) is 35.8 Å². The number of nitrogens with one attached hydrogen (secondary N) is 1. The van der Waals surface area contributed by atoms with Gasteiger partial charge in [0, 0.05) is 48.7 Å². The van der Waals surface area contributed by atoms with Crippen LogP contribution in [-0.4, -0.2) is 62.3 Å². The van der Waals surface area contributed by atoms with Gasteiger partial charge in [-0.05, 0) is 55.7 Å². The molecule has 2 aromatic rings. The topological polar surface area (TPSA) is 96.0 Å². The number of amides is 2. The number of piperazine rings is 1. The standard InChI is InChI=1S/C25H28ClF2N3O5S/c1-16-12-30(13-17-2-6-21(27)22(28)10-17)8-9-31(16)24(32)14-36-23-7-5-20(26)11-19(23)15-37(34,35)29-25(33)18-3-4-18/h2,5-7,10-11,16,18H,3-4,8-9,12-15H2,1H3,(H,29,33)/t16-/m1/s1. The molecule has 1 heterocycles. The molecule has 1 aliphatic heterocycles. The number of nitrogens with zero attached hydrogens (tertiary/aromatic N) is 2. The summed E-state index contributed by atoms with van der Waals surface area (Å²) in [6.45, 7) is 3.51. The quantitative estimate of drug-likeness (QED) is 0.511. The van der Waals surface area contributed by atoms with Crippen LogP contribution in [0.4, 0.5) is 8.78 Å². The van der Waals surface area contributed by atoms with Crippen molar-refractivity contribution in [3.63, 3.8) is 0 Å². The predicted molar refractivity (Wildman–Crippen MR) is 133 cm³/mol. The van der Waals surface area contributed by atoms with E-state index >= 15 is 0 Å². The molecule has 2 aliphatic rings. The van der Waals surface area contributed by atoms with E-state index in [4.69, 9.17) is 16.3 Å². The average Bonchev–Trinajstić information content (AvgIpc) is 3.66. The van der Waals surface area contributed by atoms with Gasteiger partial charge in [0.05, 0.1) is 5.75 Å². The highest BCUT2D eigenvalue weighted by molar-refractivity contribution is 7.89. The molecule has 0 radical (unpaired) electrons. The molecule has 1 saturated heterocycles. The normalized spacial score (nSPS) is 18.5. The highest BCUT2D eigenvalue weighted by Gasteiger charge is 2.33. The molecular weight excluding hydrogens is 528 g/mol. The first-order valence-corrected chi connectivity index (χ1v) is 13.9. The molecule has 1 atom stereocenters. The van der Waals surface area contributed by atoms with Gasteiger partial charge in [0.1, 0.15) is 5.75 Å². The minimum absolute atomic E-state index is 0.155. The Morgan fingerprint density at radius 3 is 2.54 bits per heavy atom. The minimum Gasteiger partial charge on any atom is -0.483 e. The van der Waals surface area contributed by atoms with Crippen molar-refractivity contribution in [2.45, 2.75) is 38.1 Å². The number of rotatable bonds is 9. The lowest BCUT2D eigenvalue weighted by Gasteiger charge is -2.39. The molecule has 0 spiro atoms. The van der Waals surface area contributed by atoms with Crippen LogP contribution >= 0.6 is 11.6 Å². The summed E-state index contributed by atoms with van der Waals surface area (Å²) in [5.74, 6) is -3.17.